The topological polar surface area (TPSA) is 61.9 Å². The average Bonchev–Trinajstić information content (AvgIpc) is 3.17. The zero-order valence-corrected chi connectivity index (χ0v) is 13.2. The number of fused-ring (bicyclic) bond motifs is 1. The van der Waals surface area contributed by atoms with E-state index in [9.17, 15) is 23.2 Å². The zero-order valence-electron chi connectivity index (χ0n) is 13.2. The van der Waals surface area contributed by atoms with Gasteiger partial charge >= 0.3 is 6.18 Å². The lowest BCUT2D eigenvalue weighted by Crippen LogP contribution is -2.29. The summed E-state index contributed by atoms with van der Waals surface area (Å²) < 4.78 is 41.4. The van der Waals surface area contributed by atoms with E-state index in [0.29, 0.717) is 13.0 Å². The minimum Gasteiger partial charge on any atom is -0.337 e. The first-order valence-electron chi connectivity index (χ1n) is 7.80. The summed E-state index contributed by atoms with van der Waals surface area (Å²) in [5.74, 6) is -0.725. The Kier molecular flexibility index (Phi) is 4.49. The highest BCUT2D eigenvalue weighted by atomic mass is 19.4. The first kappa shape index (κ1) is 17.0. The van der Waals surface area contributed by atoms with Crippen LogP contribution in [0.3, 0.4) is 0 Å². The summed E-state index contributed by atoms with van der Waals surface area (Å²) in [4.78, 5) is 17.7. The molecular weight excluding hydrogens is 333 g/mol. The summed E-state index contributed by atoms with van der Waals surface area (Å²) in [5.41, 5.74) is -1.23. The van der Waals surface area contributed by atoms with E-state index < -0.39 is 29.3 Å². The number of hydrogen-bond acceptors (Lipinski definition) is 3. The molecule has 1 aliphatic heterocycles. The van der Waals surface area contributed by atoms with Gasteiger partial charge in [0.05, 0.1) is 23.5 Å². The molecule has 1 amide bonds. The van der Waals surface area contributed by atoms with Crippen LogP contribution in [-0.2, 0) is 12.7 Å². The molecule has 0 saturated heterocycles. The van der Waals surface area contributed by atoms with Gasteiger partial charge in [0.2, 0.25) is 0 Å². The fourth-order valence-corrected chi connectivity index (χ4v) is 3.07. The fourth-order valence-electron chi connectivity index (χ4n) is 3.07. The number of aryl methyl sites for hydroxylation is 1. The Labute approximate surface area is 142 Å². The minimum absolute atomic E-state index is 0.136. The third kappa shape index (κ3) is 3.22. The van der Waals surface area contributed by atoms with Gasteiger partial charge in [-0.2, -0.15) is 18.4 Å². The third-order valence-electron chi connectivity index (χ3n) is 4.23. The number of alkyl halides is 3. The first-order chi connectivity index (χ1) is 11.9. The Balaban J connectivity index is 1.75. The monoisotopic (exact) mass is 348 g/mol. The van der Waals surface area contributed by atoms with Crippen molar-refractivity contribution in [3.63, 3.8) is 0 Å². The van der Waals surface area contributed by atoms with Crippen molar-refractivity contribution in [2.75, 3.05) is 6.54 Å². The van der Waals surface area contributed by atoms with Crippen LogP contribution in [0.4, 0.5) is 13.2 Å². The second-order valence-corrected chi connectivity index (χ2v) is 5.81. The second-order valence-electron chi connectivity index (χ2n) is 5.81. The van der Waals surface area contributed by atoms with Crippen LogP contribution in [0.15, 0.2) is 36.9 Å². The van der Waals surface area contributed by atoms with E-state index in [1.165, 1.54) is 17.0 Å². The van der Waals surface area contributed by atoms with E-state index >= 15 is 0 Å². The normalized spacial score (nSPS) is 16.8. The van der Waals surface area contributed by atoms with Gasteiger partial charge in [0.1, 0.15) is 6.04 Å². The van der Waals surface area contributed by atoms with Gasteiger partial charge in [0, 0.05) is 31.0 Å². The maximum Gasteiger partial charge on any atom is 0.417 e. The Bertz CT molecular complexity index is 808. The fraction of sp³-hybridized carbons (Fsp3) is 0.353. The van der Waals surface area contributed by atoms with E-state index in [2.05, 4.69) is 4.98 Å². The first-order valence-corrected chi connectivity index (χ1v) is 7.80. The van der Waals surface area contributed by atoms with E-state index in [1.807, 2.05) is 16.8 Å². The number of aromatic nitrogens is 2. The minimum atomic E-state index is -4.63. The van der Waals surface area contributed by atoms with Crippen molar-refractivity contribution in [1.29, 1.82) is 5.26 Å². The Hall–Kier alpha value is -2.82. The molecule has 5 nitrogen and oxygen atoms in total. The predicted molar refractivity (Wildman–Crippen MR) is 82.3 cm³/mol. The molecule has 1 aliphatic rings. The van der Waals surface area contributed by atoms with E-state index in [1.54, 1.807) is 12.5 Å². The van der Waals surface area contributed by atoms with Gasteiger partial charge in [-0.1, -0.05) is 12.1 Å². The number of nitrogens with zero attached hydrogens (tertiary/aromatic N) is 4. The molecule has 1 atom stereocenters. The molecule has 0 spiro atoms. The van der Waals surface area contributed by atoms with Crippen molar-refractivity contribution in [3.8, 4) is 6.07 Å². The molecule has 1 aromatic heterocycles. The van der Waals surface area contributed by atoms with Gasteiger partial charge < -0.3 is 9.47 Å². The number of halogens is 3. The van der Waals surface area contributed by atoms with Crippen molar-refractivity contribution in [2.24, 2.45) is 0 Å². The van der Waals surface area contributed by atoms with Crippen molar-refractivity contribution in [1.82, 2.24) is 14.5 Å². The van der Waals surface area contributed by atoms with Crippen LogP contribution in [0.5, 0.6) is 0 Å². The molecule has 2 aromatic rings. The summed E-state index contributed by atoms with van der Waals surface area (Å²) in [7, 11) is 0. The number of benzene rings is 1. The van der Waals surface area contributed by atoms with E-state index in [-0.39, 0.29) is 12.1 Å². The molecule has 0 N–H and O–H groups in total. The zero-order chi connectivity index (χ0) is 18.0. The van der Waals surface area contributed by atoms with Crippen LogP contribution in [0.2, 0.25) is 0 Å². The summed E-state index contributed by atoms with van der Waals surface area (Å²) in [5, 5.41) is 9.36. The number of carbonyl (C=O) groups is 1. The summed E-state index contributed by atoms with van der Waals surface area (Å²) in [6.45, 7) is 0.928. The van der Waals surface area contributed by atoms with Crippen molar-refractivity contribution >= 4 is 5.91 Å². The van der Waals surface area contributed by atoms with Crippen LogP contribution >= 0.6 is 0 Å². The summed E-state index contributed by atoms with van der Waals surface area (Å²) >= 11 is 0. The van der Waals surface area contributed by atoms with Gasteiger partial charge in [0.25, 0.3) is 5.91 Å². The lowest BCUT2D eigenvalue weighted by atomic mass is 10.00. The second kappa shape index (κ2) is 6.59. The van der Waals surface area contributed by atoms with E-state index in [4.69, 9.17) is 0 Å². The van der Waals surface area contributed by atoms with Crippen LogP contribution in [0.1, 0.15) is 40.4 Å². The Morgan fingerprint density at radius 3 is 2.64 bits per heavy atom. The summed E-state index contributed by atoms with van der Waals surface area (Å²) in [6.07, 6.45) is 1.82. The standard InChI is InChI=1S/C17H15F3N4O/c18-17(19,20)13-5-3-4-12-14(10-21)24(16(25)15(12)13)8-2-1-7-23-9-6-22-11-23/h3-6,9,11,14H,1-2,7-8H2. The van der Waals surface area contributed by atoms with E-state index in [0.717, 1.165) is 12.5 Å². The van der Waals surface area contributed by atoms with Gasteiger partial charge in [-0.3, -0.25) is 4.79 Å². The molecule has 1 unspecified atom stereocenters. The molecule has 1 aromatic carbocycles. The predicted octanol–water partition coefficient (Wildman–Crippen LogP) is 3.40. The summed E-state index contributed by atoms with van der Waals surface area (Å²) in [6, 6.07) is 4.52. The number of hydrogen-bond donors (Lipinski definition) is 0. The SMILES string of the molecule is N#CC1c2cccc(C(F)(F)F)c2C(=O)N1CCCCn1ccnc1. The smallest absolute Gasteiger partial charge is 0.337 e. The molecule has 0 aliphatic carbocycles. The Morgan fingerprint density at radius 2 is 2.00 bits per heavy atom. The number of rotatable bonds is 5. The quantitative estimate of drug-likeness (QED) is 0.778. The molecule has 0 saturated carbocycles. The van der Waals surface area contributed by atoms with Crippen molar-refractivity contribution in [2.45, 2.75) is 31.6 Å². The highest BCUT2D eigenvalue weighted by molar-refractivity contribution is 6.01. The van der Waals surface area contributed by atoms with Crippen LogP contribution in [0, 0.1) is 11.3 Å². The molecule has 0 fully saturated rings. The number of nitriles is 1. The lowest BCUT2D eigenvalue weighted by Gasteiger charge is -2.20. The van der Waals surface area contributed by atoms with Crippen LogP contribution < -0.4 is 0 Å². The molecule has 2 heterocycles. The van der Waals surface area contributed by atoms with Crippen LogP contribution in [0.25, 0.3) is 0 Å². The molecule has 130 valence electrons. The number of amides is 1. The molecule has 3 rings (SSSR count). The molecule has 25 heavy (non-hydrogen) atoms. The van der Waals surface area contributed by atoms with Crippen molar-refractivity contribution in [3.05, 3.63) is 53.6 Å². The molecule has 8 heteroatoms. The van der Waals surface area contributed by atoms with Gasteiger partial charge in [-0.25, -0.2) is 4.98 Å². The average molecular weight is 348 g/mol. The highest BCUT2D eigenvalue weighted by Crippen LogP contribution is 2.41. The largest absolute Gasteiger partial charge is 0.417 e. The lowest BCUT2D eigenvalue weighted by molar-refractivity contribution is -0.137. The number of unbranched alkanes of at least 4 members (excludes halogenated alkanes) is 1. The Morgan fingerprint density at radius 1 is 1.24 bits per heavy atom. The maximum atomic E-state index is 13.2. The number of carbonyl (C=O) groups excluding carboxylic acids is 1. The highest BCUT2D eigenvalue weighted by Gasteiger charge is 2.44. The van der Waals surface area contributed by atoms with Crippen LogP contribution in [-0.4, -0.2) is 26.9 Å². The molecule has 0 bridgehead atoms. The molecular formula is C17H15F3N4O. The molecule has 0 radical (unpaired) electrons. The van der Waals surface area contributed by atoms with Gasteiger partial charge in [-0.05, 0) is 18.9 Å². The third-order valence-corrected chi connectivity index (χ3v) is 4.23. The van der Waals surface area contributed by atoms with Crippen molar-refractivity contribution < 1.29 is 18.0 Å². The van der Waals surface area contributed by atoms with Gasteiger partial charge in [-0.15, -0.1) is 0 Å². The number of imidazole rings is 1. The van der Waals surface area contributed by atoms with Gasteiger partial charge in [0.15, 0.2) is 0 Å². The maximum absolute atomic E-state index is 13.2.